The van der Waals surface area contributed by atoms with Crippen molar-refractivity contribution in [2.45, 2.75) is 13.1 Å². The first-order valence-electron chi connectivity index (χ1n) is 4.98. The van der Waals surface area contributed by atoms with Crippen LogP contribution in [-0.4, -0.2) is 14.5 Å². The fourth-order valence-corrected chi connectivity index (χ4v) is 1.22. The summed E-state index contributed by atoms with van der Waals surface area (Å²) in [5.74, 6) is 6.00. The second kappa shape index (κ2) is 5.10. The van der Waals surface area contributed by atoms with Crippen LogP contribution in [0.3, 0.4) is 0 Å². The first kappa shape index (κ1) is 10.4. The molecule has 2 N–H and O–H groups in total. The highest BCUT2D eigenvalue weighted by molar-refractivity contribution is 5.28. The summed E-state index contributed by atoms with van der Waals surface area (Å²) in [4.78, 5) is 8.13. The molecular formula is C12H12N4. The number of aromatic nitrogens is 3. The van der Waals surface area contributed by atoms with Crippen LogP contribution in [0, 0.1) is 11.8 Å². The van der Waals surface area contributed by atoms with Gasteiger partial charge in [0.25, 0.3) is 0 Å². The summed E-state index contributed by atoms with van der Waals surface area (Å²) in [7, 11) is 0. The molecule has 0 fully saturated rings. The molecule has 2 heterocycles. The standard InChI is InChI=1S/C12H12N4/c13-8-11-3-4-12(15-9-11)2-1-6-16-7-5-14-10-16/h3-5,7,9-10H,6,8,13H2. The highest BCUT2D eigenvalue weighted by Crippen LogP contribution is 1.97. The van der Waals surface area contributed by atoms with Gasteiger partial charge in [-0.15, -0.1) is 0 Å². The molecule has 0 aliphatic heterocycles. The van der Waals surface area contributed by atoms with Gasteiger partial charge in [-0.1, -0.05) is 12.0 Å². The van der Waals surface area contributed by atoms with E-state index >= 15 is 0 Å². The summed E-state index contributed by atoms with van der Waals surface area (Å²) in [6.07, 6.45) is 7.09. The molecule has 2 aromatic rings. The van der Waals surface area contributed by atoms with E-state index in [2.05, 4.69) is 21.8 Å². The Morgan fingerprint density at radius 3 is 2.94 bits per heavy atom. The van der Waals surface area contributed by atoms with E-state index in [-0.39, 0.29) is 0 Å². The van der Waals surface area contributed by atoms with Crippen molar-refractivity contribution in [3.05, 3.63) is 48.3 Å². The molecule has 16 heavy (non-hydrogen) atoms. The quantitative estimate of drug-likeness (QED) is 0.749. The zero-order valence-electron chi connectivity index (χ0n) is 8.80. The molecule has 0 saturated heterocycles. The maximum Gasteiger partial charge on any atom is 0.113 e. The first-order chi connectivity index (χ1) is 7.88. The molecule has 0 aliphatic rings. The van der Waals surface area contributed by atoms with Crippen LogP contribution in [0.25, 0.3) is 0 Å². The average Bonchev–Trinajstić information content (AvgIpc) is 2.83. The van der Waals surface area contributed by atoms with E-state index in [0.717, 1.165) is 11.3 Å². The molecule has 0 radical (unpaired) electrons. The lowest BCUT2D eigenvalue weighted by Gasteiger charge is -1.94. The third kappa shape index (κ3) is 2.69. The fraction of sp³-hybridized carbons (Fsp3) is 0.167. The predicted molar refractivity (Wildman–Crippen MR) is 61.2 cm³/mol. The monoisotopic (exact) mass is 212 g/mol. The van der Waals surface area contributed by atoms with Crippen molar-refractivity contribution >= 4 is 0 Å². The molecule has 4 heteroatoms. The fourth-order valence-electron chi connectivity index (χ4n) is 1.22. The summed E-state index contributed by atoms with van der Waals surface area (Å²) < 4.78 is 1.90. The molecule has 0 amide bonds. The lowest BCUT2D eigenvalue weighted by molar-refractivity contribution is 0.839. The van der Waals surface area contributed by atoms with E-state index in [4.69, 9.17) is 5.73 Å². The lowest BCUT2D eigenvalue weighted by atomic mass is 10.2. The summed E-state index contributed by atoms with van der Waals surface area (Å²) >= 11 is 0. The molecule has 0 spiro atoms. The molecule has 0 atom stereocenters. The minimum Gasteiger partial charge on any atom is -0.326 e. The van der Waals surface area contributed by atoms with Crippen molar-refractivity contribution < 1.29 is 0 Å². The van der Waals surface area contributed by atoms with Crippen LogP contribution in [0.1, 0.15) is 11.3 Å². The van der Waals surface area contributed by atoms with Crippen molar-refractivity contribution in [1.29, 1.82) is 0 Å². The summed E-state index contributed by atoms with van der Waals surface area (Å²) in [6, 6.07) is 3.82. The van der Waals surface area contributed by atoms with Gasteiger partial charge in [-0.25, -0.2) is 9.97 Å². The van der Waals surface area contributed by atoms with Crippen molar-refractivity contribution in [3.63, 3.8) is 0 Å². The third-order valence-corrected chi connectivity index (χ3v) is 2.10. The minimum atomic E-state index is 0.510. The molecular weight excluding hydrogens is 200 g/mol. The van der Waals surface area contributed by atoms with E-state index in [9.17, 15) is 0 Å². The summed E-state index contributed by atoms with van der Waals surface area (Å²) in [6.45, 7) is 1.13. The highest BCUT2D eigenvalue weighted by Gasteiger charge is 1.90. The Morgan fingerprint density at radius 2 is 2.31 bits per heavy atom. The number of nitrogens with zero attached hydrogens (tertiary/aromatic N) is 3. The zero-order valence-corrected chi connectivity index (χ0v) is 8.80. The van der Waals surface area contributed by atoms with Gasteiger partial charge in [0, 0.05) is 25.1 Å². The number of rotatable bonds is 2. The Hall–Kier alpha value is -2.12. The average molecular weight is 212 g/mol. The van der Waals surface area contributed by atoms with Gasteiger partial charge < -0.3 is 10.3 Å². The minimum absolute atomic E-state index is 0.510. The predicted octanol–water partition coefficient (Wildman–Crippen LogP) is 0.788. The van der Waals surface area contributed by atoms with Gasteiger partial charge in [0.05, 0.1) is 12.9 Å². The second-order valence-electron chi connectivity index (χ2n) is 3.29. The van der Waals surface area contributed by atoms with Crippen molar-refractivity contribution in [1.82, 2.24) is 14.5 Å². The maximum absolute atomic E-state index is 5.48. The van der Waals surface area contributed by atoms with Gasteiger partial charge in [-0.2, -0.15) is 0 Å². The maximum atomic E-state index is 5.48. The van der Waals surface area contributed by atoms with Crippen LogP contribution < -0.4 is 5.73 Å². The van der Waals surface area contributed by atoms with Crippen LogP contribution in [0.2, 0.25) is 0 Å². The van der Waals surface area contributed by atoms with Crippen LogP contribution >= 0.6 is 0 Å². The molecule has 0 unspecified atom stereocenters. The van der Waals surface area contributed by atoms with Gasteiger partial charge in [0.1, 0.15) is 5.69 Å². The molecule has 80 valence electrons. The Morgan fingerprint density at radius 1 is 1.38 bits per heavy atom. The van der Waals surface area contributed by atoms with Crippen molar-refractivity contribution in [3.8, 4) is 11.8 Å². The summed E-state index contributed by atoms with van der Waals surface area (Å²) in [5, 5.41) is 0. The smallest absolute Gasteiger partial charge is 0.113 e. The molecule has 0 saturated carbocycles. The number of hydrogen-bond donors (Lipinski definition) is 1. The third-order valence-electron chi connectivity index (χ3n) is 2.10. The number of hydrogen-bond acceptors (Lipinski definition) is 3. The van der Waals surface area contributed by atoms with Gasteiger partial charge >= 0.3 is 0 Å². The normalized spacial score (nSPS) is 9.56. The highest BCUT2D eigenvalue weighted by atomic mass is 15.0. The largest absolute Gasteiger partial charge is 0.326 e. The zero-order chi connectivity index (χ0) is 11.2. The molecule has 2 aromatic heterocycles. The molecule has 0 aliphatic carbocycles. The Kier molecular flexibility index (Phi) is 3.31. The van der Waals surface area contributed by atoms with Crippen molar-refractivity contribution in [2.75, 3.05) is 0 Å². The Labute approximate surface area is 94.1 Å². The Bertz CT molecular complexity index is 488. The van der Waals surface area contributed by atoms with Gasteiger partial charge in [0.15, 0.2) is 0 Å². The first-order valence-corrected chi connectivity index (χ1v) is 4.98. The Balaban J connectivity index is 2.01. The number of imidazole rings is 1. The van der Waals surface area contributed by atoms with Gasteiger partial charge in [-0.05, 0) is 17.6 Å². The van der Waals surface area contributed by atoms with Crippen LogP contribution in [0.15, 0.2) is 37.1 Å². The number of pyridine rings is 1. The summed E-state index contributed by atoms with van der Waals surface area (Å²) in [5.41, 5.74) is 7.25. The van der Waals surface area contributed by atoms with Gasteiger partial charge in [0.2, 0.25) is 0 Å². The molecule has 2 rings (SSSR count). The SMILES string of the molecule is NCc1ccc(C#CCn2ccnc2)nc1. The molecule has 0 bridgehead atoms. The lowest BCUT2D eigenvalue weighted by Crippen LogP contribution is -1.97. The van der Waals surface area contributed by atoms with E-state index < -0.39 is 0 Å². The number of nitrogens with two attached hydrogens (primary N) is 1. The topological polar surface area (TPSA) is 56.7 Å². The second-order valence-corrected chi connectivity index (χ2v) is 3.29. The molecule has 4 nitrogen and oxygen atoms in total. The van der Waals surface area contributed by atoms with Gasteiger partial charge in [-0.3, -0.25) is 0 Å². The van der Waals surface area contributed by atoms with E-state index in [1.165, 1.54) is 0 Å². The van der Waals surface area contributed by atoms with E-state index in [0.29, 0.717) is 13.1 Å². The molecule has 0 aromatic carbocycles. The van der Waals surface area contributed by atoms with E-state index in [1.54, 1.807) is 18.7 Å². The van der Waals surface area contributed by atoms with Crippen LogP contribution in [0.5, 0.6) is 0 Å². The van der Waals surface area contributed by atoms with Crippen molar-refractivity contribution in [2.24, 2.45) is 5.73 Å². The van der Waals surface area contributed by atoms with Crippen LogP contribution in [-0.2, 0) is 13.1 Å². The van der Waals surface area contributed by atoms with Crippen LogP contribution in [0.4, 0.5) is 0 Å². The van der Waals surface area contributed by atoms with E-state index in [1.807, 2.05) is 22.9 Å².